The van der Waals surface area contributed by atoms with E-state index in [1.165, 1.54) is 11.5 Å². The van der Waals surface area contributed by atoms with Crippen molar-refractivity contribution in [1.29, 1.82) is 0 Å². The Morgan fingerprint density at radius 1 is 1.00 bits per heavy atom. The van der Waals surface area contributed by atoms with Crippen LogP contribution in [0.5, 0.6) is 0 Å². The molecule has 0 spiro atoms. The Labute approximate surface area is 116 Å². The normalized spacial score (nSPS) is 15.9. The fraction of sp³-hybridized carbons (Fsp3) is 0.500. The van der Waals surface area contributed by atoms with Crippen LogP contribution in [0.25, 0.3) is 0 Å². The largest absolute Gasteiger partial charge is 0.353 e. The van der Waals surface area contributed by atoms with Crippen LogP contribution in [-0.2, 0) is 0 Å². The molecule has 0 amide bonds. The Morgan fingerprint density at radius 2 is 1.74 bits per heavy atom. The molecule has 1 aliphatic heterocycles. The predicted molar refractivity (Wildman–Crippen MR) is 75.8 cm³/mol. The van der Waals surface area contributed by atoms with Gasteiger partial charge in [0.05, 0.1) is 0 Å². The van der Waals surface area contributed by atoms with Gasteiger partial charge in [-0.1, -0.05) is 0 Å². The highest BCUT2D eigenvalue weighted by Crippen LogP contribution is 2.20. The molecule has 19 heavy (non-hydrogen) atoms. The van der Waals surface area contributed by atoms with Gasteiger partial charge in [-0.05, 0) is 19.9 Å². The third-order valence-electron chi connectivity index (χ3n) is 3.15. The summed E-state index contributed by atoms with van der Waals surface area (Å²) in [6, 6.07) is 1.97. The van der Waals surface area contributed by atoms with E-state index in [0.717, 1.165) is 48.8 Å². The number of rotatable bonds is 2. The minimum Gasteiger partial charge on any atom is -0.353 e. The molecule has 1 fully saturated rings. The van der Waals surface area contributed by atoms with Crippen molar-refractivity contribution in [2.24, 2.45) is 0 Å². The Morgan fingerprint density at radius 3 is 2.37 bits per heavy atom. The first-order valence-corrected chi connectivity index (χ1v) is 7.09. The molecule has 0 aliphatic carbocycles. The summed E-state index contributed by atoms with van der Waals surface area (Å²) < 4.78 is 4.24. The second-order valence-electron chi connectivity index (χ2n) is 4.56. The van der Waals surface area contributed by atoms with Crippen LogP contribution >= 0.6 is 11.5 Å². The van der Waals surface area contributed by atoms with E-state index in [0.29, 0.717) is 0 Å². The second kappa shape index (κ2) is 5.08. The zero-order valence-electron chi connectivity index (χ0n) is 11.1. The highest BCUT2D eigenvalue weighted by molar-refractivity contribution is 7.09. The monoisotopic (exact) mass is 276 g/mol. The maximum Gasteiger partial charge on any atom is 0.205 e. The lowest BCUT2D eigenvalue weighted by molar-refractivity contribution is 0.644. The van der Waals surface area contributed by atoms with Crippen molar-refractivity contribution in [1.82, 2.24) is 19.3 Å². The van der Waals surface area contributed by atoms with E-state index >= 15 is 0 Å². The zero-order chi connectivity index (χ0) is 13.2. The molecule has 100 valence electrons. The number of aryl methyl sites for hydroxylation is 2. The topological polar surface area (TPSA) is 58.0 Å². The second-order valence-corrected chi connectivity index (χ2v) is 5.29. The lowest BCUT2D eigenvalue weighted by atomic mass is 10.3. The van der Waals surface area contributed by atoms with Crippen molar-refractivity contribution >= 4 is 22.5 Å². The van der Waals surface area contributed by atoms with Gasteiger partial charge < -0.3 is 9.80 Å². The summed E-state index contributed by atoms with van der Waals surface area (Å²) in [5.74, 6) is 2.69. The van der Waals surface area contributed by atoms with Gasteiger partial charge in [-0.2, -0.15) is 4.37 Å². The van der Waals surface area contributed by atoms with Crippen molar-refractivity contribution in [3.05, 3.63) is 23.9 Å². The molecule has 0 saturated carbocycles. The molecule has 1 saturated heterocycles. The van der Waals surface area contributed by atoms with Gasteiger partial charge in [-0.3, -0.25) is 0 Å². The average molecular weight is 276 g/mol. The summed E-state index contributed by atoms with van der Waals surface area (Å²) in [7, 11) is 0. The van der Waals surface area contributed by atoms with Crippen LogP contribution in [0.1, 0.15) is 11.6 Å². The summed E-state index contributed by atoms with van der Waals surface area (Å²) in [5.41, 5.74) is 0. The van der Waals surface area contributed by atoms with E-state index < -0.39 is 0 Å². The van der Waals surface area contributed by atoms with E-state index in [-0.39, 0.29) is 0 Å². The van der Waals surface area contributed by atoms with Gasteiger partial charge in [-0.25, -0.2) is 15.0 Å². The van der Waals surface area contributed by atoms with Gasteiger partial charge in [0.1, 0.15) is 17.5 Å². The first-order chi connectivity index (χ1) is 9.22. The SMILES string of the molecule is Cc1nccc(N2CCN(c3nc(C)ns3)CC2)n1. The maximum absolute atomic E-state index is 4.47. The highest BCUT2D eigenvalue weighted by Gasteiger charge is 2.20. The summed E-state index contributed by atoms with van der Waals surface area (Å²) in [6.45, 7) is 7.67. The molecule has 6 nitrogen and oxygen atoms in total. The third-order valence-corrected chi connectivity index (χ3v) is 4.02. The lowest BCUT2D eigenvalue weighted by Gasteiger charge is -2.35. The number of anilines is 2. The van der Waals surface area contributed by atoms with Crippen LogP contribution in [0.3, 0.4) is 0 Å². The Balaban J connectivity index is 1.66. The molecule has 2 aromatic rings. The standard InChI is InChI=1S/C12H16N6S/c1-9-13-4-3-11(14-9)17-5-7-18(8-6-17)12-15-10(2)16-19-12/h3-4H,5-8H2,1-2H3. The molecule has 0 atom stereocenters. The Kier molecular flexibility index (Phi) is 3.29. The minimum atomic E-state index is 0.819. The van der Waals surface area contributed by atoms with E-state index in [2.05, 4.69) is 29.1 Å². The minimum absolute atomic E-state index is 0.819. The highest BCUT2D eigenvalue weighted by atomic mass is 32.1. The quantitative estimate of drug-likeness (QED) is 0.823. The first kappa shape index (κ1) is 12.3. The molecule has 0 unspecified atom stereocenters. The van der Waals surface area contributed by atoms with E-state index in [1.54, 1.807) is 0 Å². The van der Waals surface area contributed by atoms with Crippen LogP contribution in [0.4, 0.5) is 10.9 Å². The van der Waals surface area contributed by atoms with Crippen molar-refractivity contribution in [3.63, 3.8) is 0 Å². The van der Waals surface area contributed by atoms with Crippen LogP contribution < -0.4 is 9.80 Å². The molecule has 2 aromatic heterocycles. The summed E-state index contributed by atoms with van der Waals surface area (Å²) in [6.07, 6.45) is 1.82. The van der Waals surface area contributed by atoms with Crippen LogP contribution in [0.2, 0.25) is 0 Å². The number of hydrogen-bond donors (Lipinski definition) is 0. The molecule has 1 aliphatic rings. The first-order valence-electron chi connectivity index (χ1n) is 6.32. The van der Waals surface area contributed by atoms with E-state index in [1.807, 2.05) is 26.1 Å². The van der Waals surface area contributed by atoms with E-state index in [4.69, 9.17) is 0 Å². The smallest absolute Gasteiger partial charge is 0.205 e. The number of aromatic nitrogens is 4. The van der Waals surface area contributed by atoms with Gasteiger partial charge >= 0.3 is 0 Å². The average Bonchev–Trinajstić information content (AvgIpc) is 2.86. The maximum atomic E-state index is 4.47. The zero-order valence-corrected chi connectivity index (χ0v) is 11.9. The van der Waals surface area contributed by atoms with Crippen LogP contribution in [0, 0.1) is 13.8 Å². The number of hydrogen-bond acceptors (Lipinski definition) is 7. The summed E-state index contributed by atoms with van der Waals surface area (Å²) in [5, 5.41) is 1.02. The Hall–Kier alpha value is -1.76. The van der Waals surface area contributed by atoms with Gasteiger partial charge in [0, 0.05) is 43.9 Å². The Bertz CT molecular complexity index is 561. The fourth-order valence-corrected chi connectivity index (χ4v) is 2.89. The van der Waals surface area contributed by atoms with E-state index in [9.17, 15) is 0 Å². The van der Waals surface area contributed by atoms with Crippen molar-refractivity contribution in [2.75, 3.05) is 36.0 Å². The molecule has 0 bridgehead atoms. The predicted octanol–water partition coefficient (Wildman–Crippen LogP) is 1.27. The van der Waals surface area contributed by atoms with Gasteiger partial charge in [0.25, 0.3) is 0 Å². The lowest BCUT2D eigenvalue weighted by Crippen LogP contribution is -2.46. The molecular weight excluding hydrogens is 260 g/mol. The van der Waals surface area contributed by atoms with Crippen LogP contribution in [-0.4, -0.2) is 45.5 Å². The number of piperazine rings is 1. The van der Waals surface area contributed by atoms with Gasteiger partial charge in [0.15, 0.2) is 0 Å². The molecular formula is C12H16N6S. The van der Waals surface area contributed by atoms with Crippen molar-refractivity contribution < 1.29 is 0 Å². The van der Waals surface area contributed by atoms with Gasteiger partial charge in [0.2, 0.25) is 5.13 Å². The molecule has 0 radical (unpaired) electrons. The molecule has 0 aromatic carbocycles. The van der Waals surface area contributed by atoms with Crippen molar-refractivity contribution in [2.45, 2.75) is 13.8 Å². The fourth-order valence-electron chi connectivity index (χ4n) is 2.16. The molecule has 7 heteroatoms. The number of nitrogens with zero attached hydrogens (tertiary/aromatic N) is 6. The summed E-state index contributed by atoms with van der Waals surface area (Å²) >= 11 is 1.48. The van der Waals surface area contributed by atoms with Crippen molar-refractivity contribution in [3.8, 4) is 0 Å². The molecule has 0 N–H and O–H groups in total. The van der Waals surface area contributed by atoms with Gasteiger partial charge in [-0.15, -0.1) is 0 Å². The summed E-state index contributed by atoms with van der Waals surface area (Å²) in [4.78, 5) is 17.6. The third kappa shape index (κ3) is 2.65. The molecule has 3 rings (SSSR count). The van der Waals surface area contributed by atoms with Crippen LogP contribution in [0.15, 0.2) is 12.3 Å². The molecule has 3 heterocycles.